The monoisotopic (exact) mass is 191 g/mol. The number of imidazole rings is 1. The van der Waals surface area contributed by atoms with Crippen LogP contribution in [0.1, 0.15) is 0 Å². The minimum absolute atomic E-state index is 0.853. The molecule has 0 fully saturated rings. The smallest absolute Gasteiger partial charge is 0.163 e. The van der Waals surface area contributed by atoms with Gasteiger partial charge in [-0.15, -0.1) is 0 Å². The predicted molar refractivity (Wildman–Crippen MR) is 53.9 cm³/mol. The lowest BCUT2D eigenvalue weighted by atomic mass is 10.5. The van der Waals surface area contributed by atoms with E-state index in [1.807, 2.05) is 25.0 Å². The van der Waals surface area contributed by atoms with Gasteiger partial charge in [0, 0.05) is 13.1 Å². The third kappa shape index (κ3) is 1.72. The lowest BCUT2D eigenvalue weighted by Crippen LogP contribution is -2.18. The maximum atomic E-state index is 4.22. The quantitative estimate of drug-likeness (QED) is 0.704. The Balaban J connectivity index is 2.25. The van der Waals surface area contributed by atoms with E-state index in [0.717, 1.165) is 24.3 Å². The molecule has 74 valence electrons. The molecule has 0 amide bonds. The van der Waals surface area contributed by atoms with Crippen LogP contribution in [-0.4, -0.2) is 45.1 Å². The summed E-state index contributed by atoms with van der Waals surface area (Å²) in [4.78, 5) is 14.5. The Bertz CT molecular complexity index is 420. The summed E-state index contributed by atoms with van der Waals surface area (Å²) in [5, 5.41) is 0. The van der Waals surface area contributed by atoms with E-state index in [2.05, 4.69) is 19.9 Å². The van der Waals surface area contributed by atoms with Crippen LogP contribution < -0.4 is 0 Å². The van der Waals surface area contributed by atoms with Crippen LogP contribution in [0.3, 0.4) is 0 Å². The average molecular weight is 191 g/mol. The molecule has 0 saturated heterocycles. The normalized spacial score (nSPS) is 11.4. The fraction of sp³-hybridized carbons (Fsp3) is 0.444. The average Bonchev–Trinajstić information content (AvgIpc) is 2.58. The molecule has 0 aromatic carbocycles. The molecule has 0 bridgehead atoms. The zero-order valence-corrected chi connectivity index (χ0v) is 8.38. The molecule has 0 radical (unpaired) electrons. The molecule has 0 spiro atoms. The van der Waals surface area contributed by atoms with Crippen molar-refractivity contribution in [2.75, 3.05) is 20.6 Å². The number of hydrogen-bond acceptors (Lipinski definition) is 4. The third-order valence-corrected chi connectivity index (χ3v) is 2.07. The van der Waals surface area contributed by atoms with E-state index in [4.69, 9.17) is 0 Å². The van der Waals surface area contributed by atoms with Crippen LogP contribution >= 0.6 is 0 Å². The van der Waals surface area contributed by atoms with E-state index in [1.54, 1.807) is 12.5 Å². The van der Waals surface area contributed by atoms with Crippen LogP contribution in [0, 0.1) is 0 Å². The Morgan fingerprint density at radius 3 is 3.00 bits per heavy atom. The molecule has 0 saturated carbocycles. The SMILES string of the molecule is CN(C)CCn1cnc2cncnc21. The summed E-state index contributed by atoms with van der Waals surface area (Å²) in [5.74, 6) is 0. The van der Waals surface area contributed by atoms with Crippen molar-refractivity contribution in [1.29, 1.82) is 0 Å². The van der Waals surface area contributed by atoms with Gasteiger partial charge in [-0.25, -0.2) is 15.0 Å². The molecule has 5 nitrogen and oxygen atoms in total. The largest absolute Gasteiger partial charge is 0.314 e. The highest BCUT2D eigenvalue weighted by Gasteiger charge is 2.02. The van der Waals surface area contributed by atoms with E-state index < -0.39 is 0 Å². The Hall–Kier alpha value is -1.49. The molecule has 2 rings (SSSR count). The number of aromatic nitrogens is 4. The van der Waals surface area contributed by atoms with Gasteiger partial charge < -0.3 is 9.47 Å². The van der Waals surface area contributed by atoms with Gasteiger partial charge in [-0.3, -0.25) is 0 Å². The molecule has 0 N–H and O–H groups in total. The van der Waals surface area contributed by atoms with Gasteiger partial charge in [-0.05, 0) is 14.1 Å². The van der Waals surface area contributed by atoms with E-state index in [1.165, 1.54) is 0 Å². The molecule has 14 heavy (non-hydrogen) atoms. The highest BCUT2D eigenvalue weighted by Crippen LogP contribution is 2.06. The third-order valence-electron chi connectivity index (χ3n) is 2.07. The van der Waals surface area contributed by atoms with E-state index >= 15 is 0 Å². The molecule has 2 heterocycles. The molecule has 0 atom stereocenters. The predicted octanol–water partition coefficient (Wildman–Crippen LogP) is 0.388. The van der Waals surface area contributed by atoms with Crippen molar-refractivity contribution < 1.29 is 0 Å². The van der Waals surface area contributed by atoms with Crippen molar-refractivity contribution >= 4 is 11.2 Å². The van der Waals surface area contributed by atoms with Gasteiger partial charge in [0.15, 0.2) is 5.65 Å². The van der Waals surface area contributed by atoms with Crippen molar-refractivity contribution in [3.8, 4) is 0 Å². The Labute approximate surface area is 82.4 Å². The van der Waals surface area contributed by atoms with Crippen LogP contribution in [0.4, 0.5) is 0 Å². The first kappa shape index (κ1) is 9.08. The number of likely N-dealkylation sites (N-methyl/N-ethyl adjacent to an activating group) is 1. The lowest BCUT2D eigenvalue weighted by Gasteiger charge is -2.09. The minimum Gasteiger partial charge on any atom is -0.314 e. The van der Waals surface area contributed by atoms with Crippen molar-refractivity contribution in [2.24, 2.45) is 0 Å². The van der Waals surface area contributed by atoms with E-state index in [0.29, 0.717) is 0 Å². The van der Waals surface area contributed by atoms with Crippen LogP contribution in [0.25, 0.3) is 11.2 Å². The van der Waals surface area contributed by atoms with Crippen molar-refractivity contribution in [1.82, 2.24) is 24.4 Å². The van der Waals surface area contributed by atoms with Crippen LogP contribution in [0.15, 0.2) is 18.9 Å². The zero-order chi connectivity index (χ0) is 9.97. The fourth-order valence-corrected chi connectivity index (χ4v) is 1.29. The van der Waals surface area contributed by atoms with E-state index in [-0.39, 0.29) is 0 Å². The van der Waals surface area contributed by atoms with Gasteiger partial charge in [0.2, 0.25) is 0 Å². The van der Waals surface area contributed by atoms with Crippen molar-refractivity contribution in [2.45, 2.75) is 6.54 Å². The second-order valence-corrected chi connectivity index (χ2v) is 3.47. The second-order valence-electron chi connectivity index (χ2n) is 3.47. The Morgan fingerprint density at radius 1 is 1.36 bits per heavy atom. The van der Waals surface area contributed by atoms with Crippen LogP contribution in [-0.2, 0) is 6.54 Å². The van der Waals surface area contributed by atoms with Crippen molar-refractivity contribution in [3.05, 3.63) is 18.9 Å². The molecule has 5 heteroatoms. The summed E-state index contributed by atoms with van der Waals surface area (Å²) in [6.07, 6.45) is 5.09. The summed E-state index contributed by atoms with van der Waals surface area (Å²) in [5.41, 5.74) is 1.76. The van der Waals surface area contributed by atoms with Gasteiger partial charge in [-0.2, -0.15) is 0 Å². The van der Waals surface area contributed by atoms with Crippen LogP contribution in [0.2, 0.25) is 0 Å². The molecule has 2 aromatic rings. The zero-order valence-electron chi connectivity index (χ0n) is 8.38. The van der Waals surface area contributed by atoms with Gasteiger partial charge in [-0.1, -0.05) is 0 Å². The maximum absolute atomic E-state index is 4.22. The van der Waals surface area contributed by atoms with Gasteiger partial charge in [0.05, 0.1) is 12.5 Å². The summed E-state index contributed by atoms with van der Waals surface area (Å²) < 4.78 is 2.04. The molecule has 2 aromatic heterocycles. The molecule has 0 unspecified atom stereocenters. The Morgan fingerprint density at radius 2 is 2.21 bits per heavy atom. The fourth-order valence-electron chi connectivity index (χ4n) is 1.29. The number of hydrogen-bond donors (Lipinski definition) is 0. The van der Waals surface area contributed by atoms with Gasteiger partial charge in [0.1, 0.15) is 11.8 Å². The molecule has 0 aliphatic heterocycles. The lowest BCUT2D eigenvalue weighted by molar-refractivity contribution is 0.386. The number of fused-ring (bicyclic) bond motifs is 1. The first-order chi connectivity index (χ1) is 6.77. The highest BCUT2D eigenvalue weighted by molar-refractivity contribution is 5.68. The highest BCUT2D eigenvalue weighted by atomic mass is 15.1. The first-order valence-electron chi connectivity index (χ1n) is 4.53. The number of rotatable bonds is 3. The van der Waals surface area contributed by atoms with Gasteiger partial charge in [0.25, 0.3) is 0 Å². The second kappa shape index (κ2) is 3.71. The van der Waals surface area contributed by atoms with Gasteiger partial charge >= 0.3 is 0 Å². The summed E-state index contributed by atoms with van der Waals surface area (Å²) in [6.45, 7) is 1.88. The standard InChI is InChI=1S/C9H13N5/c1-13(2)3-4-14-7-12-8-5-10-6-11-9(8)14/h5-7H,3-4H2,1-2H3. The topological polar surface area (TPSA) is 46.8 Å². The molecular formula is C9H13N5. The molecule has 0 aliphatic rings. The summed E-state index contributed by atoms with van der Waals surface area (Å²) >= 11 is 0. The number of nitrogens with zero attached hydrogens (tertiary/aromatic N) is 5. The van der Waals surface area contributed by atoms with Crippen LogP contribution in [0.5, 0.6) is 0 Å². The van der Waals surface area contributed by atoms with E-state index in [9.17, 15) is 0 Å². The summed E-state index contributed by atoms with van der Waals surface area (Å²) in [7, 11) is 4.10. The van der Waals surface area contributed by atoms with Crippen molar-refractivity contribution in [3.63, 3.8) is 0 Å². The molecular weight excluding hydrogens is 178 g/mol. The minimum atomic E-state index is 0.853. The Kier molecular flexibility index (Phi) is 2.41. The summed E-state index contributed by atoms with van der Waals surface area (Å²) in [6, 6.07) is 0. The first-order valence-corrected chi connectivity index (χ1v) is 4.53. The maximum Gasteiger partial charge on any atom is 0.163 e. The molecule has 0 aliphatic carbocycles.